The molecule has 1 fully saturated rings. The lowest BCUT2D eigenvalue weighted by Crippen LogP contribution is -2.34. The van der Waals surface area contributed by atoms with Gasteiger partial charge in [-0.25, -0.2) is 13.6 Å². The first-order valence-corrected chi connectivity index (χ1v) is 9.70. The standard InChI is InChI=1S/C22H27F2N3O/c1-15-5-3-8-20(26-22(28)25-2)18(15)14-27-11-9-16(10-12-27)13-17-6-4-7-19(23)21(17)24/h3-8,16H,9-14H2,1-2H3,(H2,25,26,28). The van der Waals surface area contributed by atoms with Crippen LogP contribution in [-0.2, 0) is 13.0 Å². The fourth-order valence-corrected chi connectivity index (χ4v) is 3.80. The first kappa shape index (κ1) is 20.3. The van der Waals surface area contributed by atoms with Crippen molar-refractivity contribution < 1.29 is 13.6 Å². The number of amides is 2. The summed E-state index contributed by atoms with van der Waals surface area (Å²) in [5, 5.41) is 5.47. The van der Waals surface area contributed by atoms with Gasteiger partial charge in [-0.3, -0.25) is 4.90 Å². The number of nitrogens with one attached hydrogen (secondary N) is 2. The van der Waals surface area contributed by atoms with Crippen LogP contribution in [0.25, 0.3) is 0 Å². The van der Waals surface area contributed by atoms with Crippen molar-refractivity contribution in [2.24, 2.45) is 5.92 Å². The van der Waals surface area contributed by atoms with E-state index in [1.54, 1.807) is 19.2 Å². The van der Waals surface area contributed by atoms with E-state index in [0.29, 0.717) is 17.9 Å². The van der Waals surface area contributed by atoms with Crippen LogP contribution in [0.2, 0.25) is 0 Å². The number of aryl methyl sites for hydroxylation is 1. The Morgan fingerprint density at radius 3 is 2.57 bits per heavy atom. The predicted molar refractivity (Wildman–Crippen MR) is 107 cm³/mol. The van der Waals surface area contributed by atoms with E-state index in [9.17, 15) is 13.6 Å². The first-order valence-electron chi connectivity index (χ1n) is 9.70. The van der Waals surface area contributed by atoms with Crippen molar-refractivity contribution in [2.75, 3.05) is 25.5 Å². The number of nitrogens with zero attached hydrogens (tertiary/aromatic N) is 1. The molecule has 0 saturated carbocycles. The molecule has 0 bridgehead atoms. The minimum absolute atomic E-state index is 0.234. The number of piperidine rings is 1. The van der Waals surface area contributed by atoms with Crippen molar-refractivity contribution in [3.8, 4) is 0 Å². The summed E-state index contributed by atoms with van der Waals surface area (Å²) in [6.45, 7) is 4.60. The van der Waals surface area contributed by atoms with Gasteiger partial charge in [-0.1, -0.05) is 24.3 Å². The molecule has 4 nitrogen and oxygen atoms in total. The Hall–Kier alpha value is -2.47. The van der Waals surface area contributed by atoms with E-state index in [-0.39, 0.29) is 6.03 Å². The Kier molecular flexibility index (Phi) is 6.62. The van der Waals surface area contributed by atoms with Crippen molar-refractivity contribution >= 4 is 11.7 Å². The number of carbonyl (C=O) groups excluding carboxylic acids is 1. The Labute approximate surface area is 164 Å². The highest BCUT2D eigenvalue weighted by Crippen LogP contribution is 2.27. The van der Waals surface area contributed by atoms with Gasteiger partial charge < -0.3 is 10.6 Å². The molecule has 150 valence electrons. The van der Waals surface area contributed by atoms with E-state index in [1.165, 1.54) is 0 Å². The number of rotatable bonds is 5. The van der Waals surface area contributed by atoms with Crippen LogP contribution in [-0.4, -0.2) is 31.1 Å². The van der Waals surface area contributed by atoms with Crippen LogP contribution in [0, 0.1) is 24.5 Å². The summed E-state index contributed by atoms with van der Waals surface area (Å²) < 4.78 is 27.3. The molecule has 2 aromatic carbocycles. The molecule has 1 aliphatic heterocycles. The lowest BCUT2D eigenvalue weighted by molar-refractivity contribution is 0.176. The quantitative estimate of drug-likeness (QED) is 0.795. The van der Waals surface area contributed by atoms with Gasteiger partial charge in [0, 0.05) is 19.3 Å². The number of carbonyl (C=O) groups is 1. The summed E-state index contributed by atoms with van der Waals surface area (Å²) in [7, 11) is 1.59. The minimum Gasteiger partial charge on any atom is -0.341 e. The molecular weight excluding hydrogens is 360 g/mol. The lowest BCUT2D eigenvalue weighted by Gasteiger charge is -2.33. The number of benzene rings is 2. The van der Waals surface area contributed by atoms with Crippen molar-refractivity contribution in [2.45, 2.75) is 32.7 Å². The van der Waals surface area contributed by atoms with Crippen LogP contribution in [0.5, 0.6) is 0 Å². The molecule has 2 amide bonds. The summed E-state index contributed by atoms with van der Waals surface area (Å²) in [5.41, 5.74) is 3.54. The van der Waals surface area contributed by atoms with E-state index in [1.807, 2.05) is 25.1 Å². The topological polar surface area (TPSA) is 44.4 Å². The fraction of sp³-hybridized carbons (Fsp3) is 0.409. The molecule has 2 aromatic rings. The van der Waals surface area contributed by atoms with Crippen LogP contribution in [0.3, 0.4) is 0 Å². The first-order chi connectivity index (χ1) is 13.5. The molecule has 0 unspecified atom stereocenters. The number of urea groups is 1. The summed E-state index contributed by atoms with van der Waals surface area (Å²) in [6.07, 6.45) is 2.46. The summed E-state index contributed by atoms with van der Waals surface area (Å²) in [5.74, 6) is -1.13. The Morgan fingerprint density at radius 2 is 1.86 bits per heavy atom. The minimum atomic E-state index is -0.773. The zero-order valence-electron chi connectivity index (χ0n) is 16.4. The third-order valence-corrected chi connectivity index (χ3v) is 5.51. The van der Waals surface area contributed by atoms with Gasteiger partial charge in [-0.15, -0.1) is 0 Å². The van der Waals surface area contributed by atoms with Gasteiger partial charge in [-0.05, 0) is 74.0 Å². The monoisotopic (exact) mass is 387 g/mol. The molecule has 6 heteroatoms. The van der Waals surface area contributed by atoms with Crippen molar-refractivity contribution in [3.63, 3.8) is 0 Å². The zero-order chi connectivity index (χ0) is 20.1. The SMILES string of the molecule is CNC(=O)Nc1cccc(C)c1CN1CCC(Cc2cccc(F)c2F)CC1. The van der Waals surface area contributed by atoms with E-state index in [4.69, 9.17) is 0 Å². The molecule has 2 N–H and O–H groups in total. The largest absolute Gasteiger partial charge is 0.341 e. The van der Waals surface area contributed by atoms with E-state index in [0.717, 1.165) is 55.4 Å². The third-order valence-electron chi connectivity index (χ3n) is 5.51. The molecule has 1 aliphatic rings. The molecule has 1 heterocycles. The Bertz CT molecular complexity index is 833. The van der Waals surface area contributed by atoms with Gasteiger partial charge in [0.15, 0.2) is 11.6 Å². The summed E-state index contributed by atoms with van der Waals surface area (Å²) in [6, 6.07) is 10.1. The molecule has 3 rings (SSSR count). The van der Waals surface area contributed by atoms with Gasteiger partial charge in [0.05, 0.1) is 0 Å². The van der Waals surface area contributed by atoms with E-state index < -0.39 is 11.6 Å². The molecule has 0 radical (unpaired) electrons. The highest BCUT2D eigenvalue weighted by atomic mass is 19.2. The number of hydrogen-bond acceptors (Lipinski definition) is 2. The molecule has 28 heavy (non-hydrogen) atoms. The summed E-state index contributed by atoms with van der Waals surface area (Å²) in [4.78, 5) is 14.1. The maximum Gasteiger partial charge on any atom is 0.318 e. The second-order valence-electron chi connectivity index (χ2n) is 7.44. The van der Waals surface area contributed by atoms with Crippen LogP contribution < -0.4 is 10.6 Å². The molecule has 0 aromatic heterocycles. The lowest BCUT2D eigenvalue weighted by atomic mass is 9.89. The van der Waals surface area contributed by atoms with Crippen LogP contribution in [0.15, 0.2) is 36.4 Å². The highest BCUT2D eigenvalue weighted by molar-refractivity contribution is 5.90. The molecular formula is C22H27F2N3O. The van der Waals surface area contributed by atoms with Gasteiger partial charge in [0.2, 0.25) is 0 Å². The Morgan fingerprint density at radius 1 is 1.14 bits per heavy atom. The average Bonchev–Trinajstić information content (AvgIpc) is 2.69. The van der Waals surface area contributed by atoms with Crippen LogP contribution >= 0.6 is 0 Å². The molecule has 0 spiro atoms. The fourth-order valence-electron chi connectivity index (χ4n) is 3.80. The van der Waals surface area contributed by atoms with Crippen LogP contribution in [0.4, 0.5) is 19.3 Å². The van der Waals surface area contributed by atoms with Crippen molar-refractivity contribution in [1.82, 2.24) is 10.2 Å². The molecule has 0 atom stereocenters. The number of likely N-dealkylation sites (tertiary alicyclic amines) is 1. The second-order valence-corrected chi connectivity index (χ2v) is 7.44. The number of hydrogen-bond donors (Lipinski definition) is 2. The molecule has 0 aliphatic carbocycles. The zero-order valence-corrected chi connectivity index (χ0v) is 16.4. The average molecular weight is 387 g/mol. The maximum atomic E-state index is 13.9. The Balaban J connectivity index is 1.60. The number of halogens is 2. The molecule has 1 saturated heterocycles. The highest BCUT2D eigenvalue weighted by Gasteiger charge is 2.22. The maximum absolute atomic E-state index is 13.9. The number of anilines is 1. The van der Waals surface area contributed by atoms with E-state index in [2.05, 4.69) is 15.5 Å². The third kappa shape index (κ3) is 4.87. The second kappa shape index (κ2) is 9.15. The van der Waals surface area contributed by atoms with Gasteiger partial charge in [0.1, 0.15) is 0 Å². The van der Waals surface area contributed by atoms with Gasteiger partial charge in [-0.2, -0.15) is 0 Å². The predicted octanol–water partition coefficient (Wildman–Crippen LogP) is 4.48. The van der Waals surface area contributed by atoms with Crippen LogP contribution in [0.1, 0.15) is 29.5 Å². The van der Waals surface area contributed by atoms with Crippen molar-refractivity contribution in [3.05, 3.63) is 64.7 Å². The normalized spacial score (nSPS) is 15.4. The van der Waals surface area contributed by atoms with E-state index >= 15 is 0 Å². The van der Waals surface area contributed by atoms with Gasteiger partial charge in [0.25, 0.3) is 0 Å². The smallest absolute Gasteiger partial charge is 0.318 e. The summed E-state index contributed by atoms with van der Waals surface area (Å²) >= 11 is 0. The van der Waals surface area contributed by atoms with Crippen molar-refractivity contribution in [1.29, 1.82) is 0 Å². The van der Waals surface area contributed by atoms with Gasteiger partial charge >= 0.3 is 6.03 Å².